The molecule has 0 saturated heterocycles. The van der Waals surface area contributed by atoms with E-state index in [1.54, 1.807) is 0 Å². The van der Waals surface area contributed by atoms with E-state index in [1.807, 2.05) is 48.6 Å². The van der Waals surface area contributed by atoms with Crippen molar-refractivity contribution in [1.82, 2.24) is 5.32 Å². The monoisotopic (exact) mass is 401 g/mol. The molecular formula is C23H47NO4. The molecule has 0 heterocycles. The fraction of sp³-hybridized carbons (Fsp3) is 0.913. The van der Waals surface area contributed by atoms with Gasteiger partial charge in [0.15, 0.2) is 0 Å². The molecule has 2 saturated carbocycles. The standard InChI is InChI=1S/C11H20O3.C8H15NO.2C2H6/c1-2-13-10-4-6-11(7-5-10)14-9-3-8-12;1-3-8(10)6-4-7(5-6)9-2;2*1-2/h8,10-11H,2-7,9H2,1H3;6-7,9H,3-5H2,1-2H3;2*1-2H3. The molecule has 2 aliphatic rings. The highest BCUT2D eigenvalue weighted by molar-refractivity contribution is 5.81. The van der Waals surface area contributed by atoms with E-state index in [0.29, 0.717) is 49.4 Å². The van der Waals surface area contributed by atoms with Crippen LogP contribution in [0, 0.1) is 5.92 Å². The number of rotatable bonds is 9. The van der Waals surface area contributed by atoms with Gasteiger partial charge in [0.25, 0.3) is 0 Å². The van der Waals surface area contributed by atoms with Crippen LogP contribution in [0.4, 0.5) is 0 Å². The van der Waals surface area contributed by atoms with Crippen LogP contribution < -0.4 is 5.32 Å². The van der Waals surface area contributed by atoms with Crippen LogP contribution in [-0.2, 0) is 19.1 Å². The third-order valence-electron chi connectivity index (χ3n) is 4.96. The van der Waals surface area contributed by atoms with Gasteiger partial charge in [0.2, 0.25) is 0 Å². The van der Waals surface area contributed by atoms with Crippen LogP contribution >= 0.6 is 0 Å². The summed E-state index contributed by atoms with van der Waals surface area (Å²) in [6.07, 6.45) is 9.38. The average molecular weight is 402 g/mol. The smallest absolute Gasteiger partial charge is 0.135 e. The molecule has 0 radical (unpaired) electrons. The quantitative estimate of drug-likeness (QED) is 0.437. The highest BCUT2D eigenvalue weighted by Gasteiger charge is 2.31. The van der Waals surface area contributed by atoms with E-state index < -0.39 is 0 Å². The average Bonchev–Trinajstić information content (AvgIpc) is 2.72. The first kappa shape index (κ1) is 29.4. The Bertz CT molecular complexity index is 349. The summed E-state index contributed by atoms with van der Waals surface area (Å²) >= 11 is 0. The molecule has 2 aliphatic carbocycles. The van der Waals surface area contributed by atoms with Gasteiger partial charge in [-0.05, 0) is 52.5 Å². The third kappa shape index (κ3) is 13.4. The number of nitrogens with one attached hydrogen (secondary N) is 1. The Morgan fingerprint density at radius 3 is 1.86 bits per heavy atom. The maximum atomic E-state index is 11.0. The van der Waals surface area contributed by atoms with Crippen molar-refractivity contribution in [3.05, 3.63) is 0 Å². The Labute approximate surface area is 174 Å². The molecule has 2 fully saturated rings. The SMILES string of the molecule is CC.CC.CCC(=O)C1CC(NC)C1.CCOC1CCC(OCCC=O)CC1. The molecule has 5 nitrogen and oxygen atoms in total. The van der Waals surface area contributed by atoms with Gasteiger partial charge < -0.3 is 19.6 Å². The van der Waals surface area contributed by atoms with Crippen molar-refractivity contribution in [2.75, 3.05) is 20.3 Å². The first-order valence-electron chi connectivity index (χ1n) is 11.5. The second-order valence-electron chi connectivity index (χ2n) is 6.65. The lowest BCUT2D eigenvalue weighted by molar-refractivity contribution is -0.125. The van der Waals surface area contributed by atoms with Gasteiger partial charge in [0.1, 0.15) is 12.1 Å². The molecule has 28 heavy (non-hydrogen) atoms. The van der Waals surface area contributed by atoms with Gasteiger partial charge in [-0.25, -0.2) is 0 Å². The van der Waals surface area contributed by atoms with Gasteiger partial charge in [-0.1, -0.05) is 34.6 Å². The summed E-state index contributed by atoms with van der Waals surface area (Å²) in [4.78, 5) is 21.1. The summed E-state index contributed by atoms with van der Waals surface area (Å²) in [7, 11) is 1.96. The molecule has 0 atom stereocenters. The fourth-order valence-corrected chi connectivity index (χ4v) is 3.29. The zero-order chi connectivity index (χ0) is 21.8. The maximum absolute atomic E-state index is 11.0. The van der Waals surface area contributed by atoms with E-state index in [1.165, 1.54) is 0 Å². The lowest BCUT2D eigenvalue weighted by atomic mass is 9.77. The number of ether oxygens (including phenoxy) is 2. The maximum Gasteiger partial charge on any atom is 0.135 e. The highest BCUT2D eigenvalue weighted by Crippen LogP contribution is 2.28. The number of aldehydes is 1. The van der Waals surface area contributed by atoms with Crippen LogP contribution in [0.1, 0.15) is 92.9 Å². The van der Waals surface area contributed by atoms with Crippen molar-refractivity contribution in [2.24, 2.45) is 5.92 Å². The summed E-state index contributed by atoms with van der Waals surface area (Å²) in [5, 5.41) is 3.16. The van der Waals surface area contributed by atoms with Crippen LogP contribution in [0.2, 0.25) is 0 Å². The molecule has 0 spiro atoms. The van der Waals surface area contributed by atoms with Gasteiger partial charge in [0, 0.05) is 31.4 Å². The van der Waals surface area contributed by atoms with E-state index in [0.717, 1.165) is 51.4 Å². The van der Waals surface area contributed by atoms with E-state index in [2.05, 4.69) is 5.32 Å². The number of carbonyl (C=O) groups is 2. The predicted molar refractivity (Wildman–Crippen MR) is 118 cm³/mol. The van der Waals surface area contributed by atoms with Crippen molar-refractivity contribution >= 4 is 12.1 Å². The van der Waals surface area contributed by atoms with Crippen molar-refractivity contribution in [2.45, 2.75) is 111 Å². The normalized spacial score (nSPS) is 25.4. The second kappa shape index (κ2) is 20.9. The van der Waals surface area contributed by atoms with Gasteiger partial charge in [0.05, 0.1) is 18.8 Å². The summed E-state index contributed by atoms with van der Waals surface area (Å²) in [6, 6.07) is 0.612. The van der Waals surface area contributed by atoms with Crippen molar-refractivity contribution in [3.8, 4) is 0 Å². The fourth-order valence-electron chi connectivity index (χ4n) is 3.29. The van der Waals surface area contributed by atoms with Crippen LogP contribution in [-0.4, -0.2) is 50.6 Å². The minimum atomic E-state index is 0.353. The minimum absolute atomic E-state index is 0.353. The lowest BCUT2D eigenvalue weighted by Crippen LogP contribution is -2.42. The first-order valence-corrected chi connectivity index (χ1v) is 11.5. The summed E-state index contributed by atoms with van der Waals surface area (Å²) < 4.78 is 11.1. The van der Waals surface area contributed by atoms with Gasteiger partial charge >= 0.3 is 0 Å². The minimum Gasteiger partial charge on any atom is -0.379 e. The largest absolute Gasteiger partial charge is 0.379 e. The van der Waals surface area contributed by atoms with Crippen molar-refractivity contribution in [1.29, 1.82) is 0 Å². The Kier molecular flexibility index (Phi) is 22.0. The third-order valence-corrected chi connectivity index (χ3v) is 4.96. The molecule has 2 rings (SSSR count). The molecular weight excluding hydrogens is 354 g/mol. The van der Waals surface area contributed by atoms with Crippen LogP contribution in [0.25, 0.3) is 0 Å². The number of hydrogen-bond acceptors (Lipinski definition) is 5. The Morgan fingerprint density at radius 1 is 0.964 bits per heavy atom. The van der Waals surface area contributed by atoms with Crippen molar-refractivity contribution < 1.29 is 19.1 Å². The highest BCUT2D eigenvalue weighted by atomic mass is 16.5. The Hall–Kier alpha value is -0.780. The molecule has 1 N–H and O–H groups in total. The first-order chi connectivity index (χ1) is 13.6. The van der Waals surface area contributed by atoms with E-state index >= 15 is 0 Å². The zero-order valence-corrected chi connectivity index (χ0v) is 19.6. The zero-order valence-electron chi connectivity index (χ0n) is 19.6. The molecule has 0 aromatic heterocycles. The number of carbonyl (C=O) groups excluding carboxylic acids is 2. The lowest BCUT2D eigenvalue weighted by Gasteiger charge is -2.33. The molecule has 0 unspecified atom stereocenters. The summed E-state index contributed by atoms with van der Waals surface area (Å²) in [5.74, 6) is 0.814. The van der Waals surface area contributed by atoms with E-state index in [9.17, 15) is 9.59 Å². The molecule has 0 aromatic carbocycles. The molecule has 5 heteroatoms. The van der Waals surface area contributed by atoms with Crippen LogP contribution in [0.15, 0.2) is 0 Å². The second-order valence-corrected chi connectivity index (χ2v) is 6.65. The molecule has 0 amide bonds. The number of Topliss-reactive ketones (excluding diaryl/α,β-unsaturated/α-hetero) is 1. The van der Waals surface area contributed by atoms with Crippen LogP contribution in [0.5, 0.6) is 0 Å². The molecule has 0 aliphatic heterocycles. The van der Waals surface area contributed by atoms with Gasteiger partial charge in [-0.15, -0.1) is 0 Å². The van der Waals surface area contributed by atoms with Crippen molar-refractivity contribution in [3.63, 3.8) is 0 Å². The van der Waals surface area contributed by atoms with E-state index in [4.69, 9.17) is 9.47 Å². The van der Waals surface area contributed by atoms with Gasteiger partial charge in [-0.3, -0.25) is 4.79 Å². The molecule has 0 aromatic rings. The summed E-state index contributed by atoms with van der Waals surface area (Å²) in [5.41, 5.74) is 0. The number of hydrogen-bond donors (Lipinski definition) is 1. The Balaban J connectivity index is 0. The topological polar surface area (TPSA) is 64.6 Å². The van der Waals surface area contributed by atoms with E-state index in [-0.39, 0.29) is 0 Å². The molecule has 0 bridgehead atoms. The number of ketones is 1. The van der Waals surface area contributed by atoms with Crippen LogP contribution in [0.3, 0.4) is 0 Å². The Morgan fingerprint density at radius 2 is 1.46 bits per heavy atom. The molecule has 168 valence electrons. The predicted octanol–water partition coefficient (Wildman–Crippen LogP) is 4.96. The van der Waals surface area contributed by atoms with Gasteiger partial charge in [-0.2, -0.15) is 0 Å². The summed E-state index contributed by atoms with van der Waals surface area (Å²) in [6.45, 7) is 13.4.